The number of allylic oxidation sites excluding steroid dienone is 3. The van der Waals surface area contributed by atoms with Crippen LogP contribution < -0.4 is 0 Å². The van der Waals surface area contributed by atoms with Gasteiger partial charge in [-0.15, -0.1) is 0 Å². The van der Waals surface area contributed by atoms with Crippen LogP contribution in [-0.4, -0.2) is 0 Å². The predicted molar refractivity (Wildman–Crippen MR) is 43.4 cm³/mol. The highest BCUT2D eigenvalue weighted by atomic mass is 13.9. The average molecular weight is 124 g/mol. The first-order valence-electron chi connectivity index (χ1n) is 3.46. The molecule has 9 heavy (non-hydrogen) atoms. The molecule has 0 fully saturated rings. The summed E-state index contributed by atoms with van der Waals surface area (Å²) in [5, 5.41) is 0. The molecule has 0 heterocycles. The molecule has 0 radical (unpaired) electrons. The van der Waals surface area contributed by atoms with Gasteiger partial charge in [0.25, 0.3) is 0 Å². The zero-order valence-corrected chi connectivity index (χ0v) is 6.65. The maximum Gasteiger partial charge on any atom is -0.0322 e. The fourth-order valence-electron chi connectivity index (χ4n) is 0.505. The second kappa shape index (κ2) is 4.37. The van der Waals surface area contributed by atoms with Crippen molar-refractivity contribution < 1.29 is 0 Å². The molecule has 0 aromatic carbocycles. The Morgan fingerprint density at radius 2 is 2.11 bits per heavy atom. The molecule has 0 amide bonds. The van der Waals surface area contributed by atoms with Gasteiger partial charge in [-0.1, -0.05) is 38.2 Å². The molecule has 0 N–H and O–H groups in total. The Morgan fingerprint density at radius 3 is 2.44 bits per heavy atom. The van der Waals surface area contributed by atoms with Gasteiger partial charge in [0.2, 0.25) is 0 Å². The third-order valence-electron chi connectivity index (χ3n) is 1.23. The summed E-state index contributed by atoms with van der Waals surface area (Å²) in [6.45, 7) is 10.2. The van der Waals surface area contributed by atoms with E-state index in [-0.39, 0.29) is 0 Å². The second-order valence-corrected chi connectivity index (χ2v) is 2.78. The van der Waals surface area contributed by atoms with E-state index in [1.54, 1.807) is 0 Å². The molecule has 0 aliphatic carbocycles. The predicted octanol–water partition coefficient (Wildman–Crippen LogP) is 3.16. The van der Waals surface area contributed by atoms with E-state index in [4.69, 9.17) is 0 Å². The topological polar surface area (TPSA) is 0 Å². The number of hydrogen-bond acceptors (Lipinski definition) is 0. The molecule has 0 unspecified atom stereocenters. The summed E-state index contributed by atoms with van der Waals surface area (Å²) in [5.41, 5.74) is 1.28. The lowest BCUT2D eigenvalue weighted by Gasteiger charge is -1.97. The van der Waals surface area contributed by atoms with Gasteiger partial charge in [0.1, 0.15) is 0 Å². The highest BCUT2D eigenvalue weighted by molar-refractivity contribution is 5.12. The number of rotatable bonds is 3. The molecule has 0 bridgehead atoms. The van der Waals surface area contributed by atoms with E-state index in [1.165, 1.54) is 5.57 Å². The van der Waals surface area contributed by atoms with E-state index in [9.17, 15) is 0 Å². The van der Waals surface area contributed by atoms with Crippen LogP contribution in [-0.2, 0) is 0 Å². The molecule has 0 aliphatic heterocycles. The van der Waals surface area contributed by atoms with Gasteiger partial charge in [-0.2, -0.15) is 0 Å². The Balaban J connectivity index is 3.56. The Kier molecular flexibility index (Phi) is 4.12. The molecule has 0 aromatic heterocycles. The molecule has 52 valence electrons. The normalized spacial score (nSPS) is 12.2. The van der Waals surface area contributed by atoms with Crippen LogP contribution in [0.4, 0.5) is 0 Å². The minimum atomic E-state index is 0.764. The molecule has 0 saturated carbocycles. The molecule has 0 rings (SSSR count). The van der Waals surface area contributed by atoms with Crippen molar-refractivity contribution >= 4 is 0 Å². The summed E-state index contributed by atoms with van der Waals surface area (Å²) < 4.78 is 0. The van der Waals surface area contributed by atoms with Crippen molar-refractivity contribution in [3.63, 3.8) is 0 Å². The monoisotopic (exact) mass is 124 g/mol. The van der Waals surface area contributed by atoms with Gasteiger partial charge in [-0.3, -0.25) is 0 Å². The quantitative estimate of drug-likeness (QED) is 0.507. The van der Waals surface area contributed by atoms with E-state index in [0.29, 0.717) is 0 Å². The van der Waals surface area contributed by atoms with E-state index < -0.39 is 0 Å². The van der Waals surface area contributed by atoms with Gasteiger partial charge in [0.05, 0.1) is 0 Å². The van der Waals surface area contributed by atoms with E-state index in [2.05, 4.69) is 33.4 Å². The van der Waals surface area contributed by atoms with Crippen molar-refractivity contribution in [1.29, 1.82) is 0 Å². The van der Waals surface area contributed by atoms with E-state index in [0.717, 1.165) is 12.3 Å². The van der Waals surface area contributed by atoms with Gasteiger partial charge in [0.15, 0.2) is 0 Å². The van der Waals surface area contributed by atoms with Crippen LogP contribution in [0, 0.1) is 5.92 Å². The number of hydrogen-bond donors (Lipinski definition) is 0. The molecular formula is C9H16. The first-order valence-corrected chi connectivity index (χ1v) is 3.46. The van der Waals surface area contributed by atoms with E-state index in [1.807, 2.05) is 6.08 Å². The fraction of sp³-hybridized carbons (Fsp3) is 0.556. The van der Waals surface area contributed by atoms with E-state index >= 15 is 0 Å². The lowest BCUT2D eigenvalue weighted by Crippen LogP contribution is -1.82. The molecular weight excluding hydrogens is 108 g/mol. The Hall–Kier alpha value is -0.520. The van der Waals surface area contributed by atoms with Crippen LogP contribution >= 0.6 is 0 Å². The van der Waals surface area contributed by atoms with Crippen molar-refractivity contribution in [2.75, 3.05) is 0 Å². The summed E-state index contributed by atoms with van der Waals surface area (Å²) in [4.78, 5) is 0. The van der Waals surface area contributed by atoms with Crippen LogP contribution in [0.1, 0.15) is 27.2 Å². The first kappa shape index (κ1) is 8.48. The van der Waals surface area contributed by atoms with Gasteiger partial charge >= 0.3 is 0 Å². The van der Waals surface area contributed by atoms with Gasteiger partial charge in [0, 0.05) is 0 Å². The van der Waals surface area contributed by atoms with Crippen molar-refractivity contribution in [3.05, 3.63) is 24.3 Å². The third kappa shape index (κ3) is 5.35. The van der Waals surface area contributed by atoms with Gasteiger partial charge < -0.3 is 0 Å². The highest BCUT2D eigenvalue weighted by Crippen LogP contribution is 2.03. The standard InChI is InChI=1S/C9H16/c1-5-9(4)7-6-8(2)3/h5,7-8H,1,6H2,2-4H3/b9-7+. The smallest absolute Gasteiger partial charge is 0.0322 e. The maximum absolute atomic E-state index is 3.67. The first-order chi connectivity index (χ1) is 4.16. The summed E-state index contributed by atoms with van der Waals surface area (Å²) in [6.07, 6.45) is 5.28. The Labute approximate surface area is 58.3 Å². The second-order valence-electron chi connectivity index (χ2n) is 2.78. The van der Waals surface area contributed by atoms with Gasteiger partial charge in [-0.25, -0.2) is 0 Å². The minimum absolute atomic E-state index is 0.764. The highest BCUT2D eigenvalue weighted by Gasteiger charge is 1.87. The van der Waals surface area contributed by atoms with Crippen molar-refractivity contribution in [1.82, 2.24) is 0 Å². The third-order valence-corrected chi connectivity index (χ3v) is 1.23. The zero-order valence-electron chi connectivity index (χ0n) is 6.65. The van der Waals surface area contributed by atoms with Crippen LogP contribution in [0.5, 0.6) is 0 Å². The average Bonchev–Trinajstić information content (AvgIpc) is 1.83. The lowest BCUT2D eigenvalue weighted by atomic mass is 10.1. The van der Waals surface area contributed by atoms with Gasteiger partial charge in [-0.05, 0) is 19.3 Å². The minimum Gasteiger partial charge on any atom is -0.0988 e. The van der Waals surface area contributed by atoms with Crippen LogP contribution in [0.25, 0.3) is 0 Å². The SMILES string of the molecule is C=C/C(C)=C/CC(C)C. The summed E-state index contributed by atoms with van der Waals surface area (Å²) in [6, 6.07) is 0. The van der Waals surface area contributed by atoms with Crippen molar-refractivity contribution in [2.24, 2.45) is 5.92 Å². The molecule has 0 aromatic rings. The Morgan fingerprint density at radius 1 is 1.56 bits per heavy atom. The lowest BCUT2D eigenvalue weighted by molar-refractivity contribution is 0.662. The molecule has 0 atom stereocenters. The zero-order chi connectivity index (χ0) is 7.28. The molecule has 0 spiro atoms. The summed E-state index contributed by atoms with van der Waals surface area (Å²) >= 11 is 0. The molecule has 0 nitrogen and oxygen atoms in total. The fourth-order valence-corrected chi connectivity index (χ4v) is 0.505. The van der Waals surface area contributed by atoms with Crippen LogP contribution in [0.2, 0.25) is 0 Å². The maximum atomic E-state index is 3.67. The summed E-state index contributed by atoms with van der Waals surface area (Å²) in [5.74, 6) is 0.764. The molecule has 0 aliphatic rings. The van der Waals surface area contributed by atoms with Crippen LogP contribution in [0.3, 0.4) is 0 Å². The van der Waals surface area contributed by atoms with Crippen LogP contribution in [0.15, 0.2) is 24.3 Å². The van der Waals surface area contributed by atoms with Crippen molar-refractivity contribution in [3.8, 4) is 0 Å². The largest absolute Gasteiger partial charge is 0.0988 e. The molecule has 0 heteroatoms. The Bertz CT molecular complexity index is 107. The summed E-state index contributed by atoms with van der Waals surface area (Å²) in [7, 11) is 0. The molecule has 0 saturated heterocycles. The van der Waals surface area contributed by atoms with Crippen molar-refractivity contribution in [2.45, 2.75) is 27.2 Å².